The fraction of sp³-hybridized carbons (Fsp3) is 0.478. The lowest BCUT2D eigenvalue weighted by molar-refractivity contribution is 0.300. The highest BCUT2D eigenvalue weighted by molar-refractivity contribution is 9.10. The molecule has 0 aliphatic carbocycles. The number of pyridine rings is 1. The zero-order chi connectivity index (χ0) is 21.9. The van der Waals surface area contributed by atoms with Crippen molar-refractivity contribution in [3.05, 3.63) is 47.1 Å². The van der Waals surface area contributed by atoms with Crippen molar-refractivity contribution in [2.45, 2.75) is 63.1 Å². The van der Waals surface area contributed by atoms with E-state index in [-0.39, 0.29) is 0 Å². The number of hydrogen-bond acceptors (Lipinski definition) is 4. The van der Waals surface area contributed by atoms with E-state index < -0.39 is 8.32 Å². The van der Waals surface area contributed by atoms with Gasteiger partial charge in [-0.15, -0.1) is 22.0 Å². The topological polar surface area (TPSA) is 39.4 Å². The van der Waals surface area contributed by atoms with E-state index in [9.17, 15) is 0 Å². The van der Waals surface area contributed by atoms with Crippen LogP contribution in [0.25, 0.3) is 17.0 Å². The molecule has 2 aromatic heterocycles. The van der Waals surface area contributed by atoms with E-state index in [4.69, 9.17) is 4.43 Å². The molecule has 3 aromatic rings. The second-order valence-corrected chi connectivity index (χ2v) is 16.1. The number of fused-ring (bicyclic) bond motifs is 1. The van der Waals surface area contributed by atoms with E-state index in [0.29, 0.717) is 16.6 Å². The molecular weight excluding hydrogens is 474 g/mol. The van der Waals surface area contributed by atoms with Gasteiger partial charge in [-0.25, -0.2) is 0 Å². The predicted octanol–water partition coefficient (Wildman–Crippen LogP) is 7.44. The van der Waals surface area contributed by atoms with E-state index in [0.717, 1.165) is 33.9 Å². The fourth-order valence-electron chi connectivity index (χ4n) is 4.70. The molecule has 4 nitrogen and oxygen atoms in total. The van der Waals surface area contributed by atoms with Crippen LogP contribution in [0.2, 0.25) is 16.6 Å². The lowest BCUT2D eigenvalue weighted by Crippen LogP contribution is -2.48. The van der Waals surface area contributed by atoms with Crippen molar-refractivity contribution in [1.29, 1.82) is 0 Å². The van der Waals surface area contributed by atoms with Crippen molar-refractivity contribution in [2.75, 3.05) is 12.4 Å². The van der Waals surface area contributed by atoms with Crippen LogP contribution >= 0.6 is 27.7 Å². The maximum atomic E-state index is 6.73. The van der Waals surface area contributed by atoms with Gasteiger partial charge in [-0.2, -0.15) is 0 Å². The van der Waals surface area contributed by atoms with Crippen molar-refractivity contribution >= 4 is 41.7 Å². The molecule has 0 saturated carbocycles. The molecule has 0 N–H and O–H groups in total. The minimum Gasteiger partial charge on any atom is -0.415 e. The standard InChI is InChI=1S/C23H32BrN3OSSi/c1-16(2)30(17(3)4,18(5)6)28-13-14-29-21-10-8-7-9-20(21)23-26-25-22-12-11-19(24)15-27(22)23/h7-12,15-18H,13-14H2,1-6H3. The first-order valence-corrected chi connectivity index (χ1v) is 14.6. The number of rotatable bonds is 9. The van der Waals surface area contributed by atoms with Crippen molar-refractivity contribution < 1.29 is 4.43 Å². The zero-order valence-electron chi connectivity index (χ0n) is 18.7. The third-order valence-electron chi connectivity index (χ3n) is 5.89. The highest BCUT2D eigenvalue weighted by atomic mass is 79.9. The number of nitrogens with zero attached hydrogens (tertiary/aromatic N) is 3. The first-order chi connectivity index (χ1) is 14.3. The summed E-state index contributed by atoms with van der Waals surface area (Å²) in [6, 6.07) is 12.4. The van der Waals surface area contributed by atoms with Crippen molar-refractivity contribution in [3.63, 3.8) is 0 Å². The van der Waals surface area contributed by atoms with E-state index in [1.807, 2.05) is 34.5 Å². The van der Waals surface area contributed by atoms with Crippen LogP contribution in [0.4, 0.5) is 0 Å². The first kappa shape index (κ1) is 23.5. The molecule has 30 heavy (non-hydrogen) atoms. The Bertz CT molecular complexity index is 968. The van der Waals surface area contributed by atoms with Crippen LogP contribution in [0, 0.1) is 0 Å². The number of hydrogen-bond donors (Lipinski definition) is 0. The second-order valence-electron chi connectivity index (χ2n) is 8.61. The smallest absolute Gasteiger partial charge is 0.200 e. The number of aromatic nitrogens is 3. The average Bonchev–Trinajstić information content (AvgIpc) is 3.10. The second kappa shape index (κ2) is 9.98. The van der Waals surface area contributed by atoms with Gasteiger partial charge in [-0.05, 0) is 50.8 Å². The van der Waals surface area contributed by atoms with Crippen LogP contribution in [0.3, 0.4) is 0 Å². The summed E-state index contributed by atoms with van der Waals surface area (Å²) in [4.78, 5) is 1.21. The Balaban J connectivity index is 1.77. The predicted molar refractivity (Wildman–Crippen MR) is 134 cm³/mol. The minimum absolute atomic E-state index is 0.607. The van der Waals surface area contributed by atoms with Gasteiger partial charge in [0.25, 0.3) is 0 Å². The number of benzene rings is 1. The lowest BCUT2D eigenvalue weighted by Gasteiger charge is -2.42. The van der Waals surface area contributed by atoms with Gasteiger partial charge in [0.1, 0.15) is 0 Å². The molecule has 0 amide bonds. The first-order valence-electron chi connectivity index (χ1n) is 10.6. The Morgan fingerprint density at radius 2 is 1.63 bits per heavy atom. The van der Waals surface area contributed by atoms with Gasteiger partial charge in [-0.3, -0.25) is 4.40 Å². The highest BCUT2D eigenvalue weighted by Crippen LogP contribution is 2.42. The molecule has 3 rings (SSSR count). The third-order valence-corrected chi connectivity index (χ3v) is 13.5. The molecule has 0 spiro atoms. The van der Waals surface area contributed by atoms with Crippen molar-refractivity contribution in [3.8, 4) is 11.4 Å². The van der Waals surface area contributed by atoms with Crippen LogP contribution in [-0.4, -0.2) is 35.3 Å². The molecule has 0 aliphatic heterocycles. The fourth-order valence-corrected chi connectivity index (χ4v) is 11.5. The Hall–Kier alpha value is -1.15. The van der Waals surface area contributed by atoms with Crippen LogP contribution in [-0.2, 0) is 4.43 Å². The van der Waals surface area contributed by atoms with E-state index in [2.05, 4.69) is 91.9 Å². The van der Waals surface area contributed by atoms with E-state index in [1.165, 1.54) is 4.90 Å². The Kier molecular flexibility index (Phi) is 7.82. The van der Waals surface area contributed by atoms with Gasteiger partial charge in [-0.1, -0.05) is 59.7 Å². The minimum atomic E-state index is -1.82. The van der Waals surface area contributed by atoms with Gasteiger partial charge in [0.15, 0.2) is 19.8 Å². The summed E-state index contributed by atoms with van der Waals surface area (Å²) in [5, 5.41) is 8.79. The van der Waals surface area contributed by atoms with Crippen molar-refractivity contribution in [1.82, 2.24) is 14.6 Å². The summed E-state index contributed by atoms with van der Waals surface area (Å²) in [5.41, 5.74) is 3.77. The van der Waals surface area contributed by atoms with Gasteiger partial charge >= 0.3 is 0 Å². The van der Waals surface area contributed by atoms with E-state index >= 15 is 0 Å². The van der Waals surface area contributed by atoms with Crippen LogP contribution in [0.1, 0.15) is 41.5 Å². The summed E-state index contributed by atoms with van der Waals surface area (Å²) in [7, 11) is -1.82. The summed E-state index contributed by atoms with van der Waals surface area (Å²) >= 11 is 5.39. The maximum Gasteiger partial charge on any atom is 0.200 e. The van der Waals surface area contributed by atoms with Crippen molar-refractivity contribution in [2.24, 2.45) is 0 Å². The molecule has 0 radical (unpaired) electrons. The molecule has 162 valence electrons. The molecule has 0 atom stereocenters. The van der Waals surface area contributed by atoms with Gasteiger partial charge < -0.3 is 4.43 Å². The average molecular weight is 507 g/mol. The Morgan fingerprint density at radius 3 is 2.30 bits per heavy atom. The number of thioether (sulfide) groups is 1. The normalized spacial score (nSPS) is 12.6. The monoisotopic (exact) mass is 505 g/mol. The molecule has 0 saturated heterocycles. The molecular formula is C23H32BrN3OSSi. The molecule has 1 aromatic carbocycles. The summed E-state index contributed by atoms with van der Waals surface area (Å²) < 4.78 is 9.77. The molecule has 0 bridgehead atoms. The van der Waals surface area contributed by atoms with Crippen LogP contribution in [0.15, 0.2) is 52.0 Å². The van der Waals surface area contributed by atoms with Crippen LogP contribution in [0.5, 0.6) is 0 Å². The highest BCUT2D eigenvalue weighted by Gasteiger charge is 2.44. The Labute approximate surface area is 194 Å². The molecule has 7 heteroatoms. The van der Waals surface area contributed by atoms with E-state index in [1.54, 1.807) is 0 Å². The molecule has 0 aliphatic rings. The third kappa shape index (κ3) is 4.69. The molecule has 0 unspecified atom stereocenters. The lowest BCUT2D eigenvalue weighted by atomic mass is 10.2. The molecule has 0 fully saturated rings. The largest absolute Gasteiger partial charge is 0.415 e. The van der Waals surface area contributed by atoms with Gasteiger partial charge in [0.2, 0.25) is 0 Å². The quantitative estimate of drug-likeness (QED) is 0.172. The number of halogens is 1. The zero-order valence-corrected chi connectivity index (χ0v) is 22.1. The summed E-state index contributed by atoms with van der Waals surface area (Å²) in [6.45, 7) is 14.8. The maximum absolute atomic E-state index is 6.73. The van der Waals surface area contributed by atoms with Gasteiger partial charge in [0, 0.05) is 33.5 Å². The molecule has 2 heterocycles. The summed E-state index contributed by atoms with van der Waals surface area (Å²) in [6.07, 6.45) is 2.02. The van der Waals surface area contributed by atoms with Gasteiger partial charge in [0.05, 0.1) is 0 Å². The summed E-state index contributed by atoms with van der Waals surface area (Å²) in [5.74, 6) is 1.80. The SMILES string of the molecule is CC(C)[Si](OCCSc1ccccc1-c1nnc2ccc(Br)cn12)(C(C)C)C(C)C. The Morgan fingerprint density at radius 1 is 0.967 bits per heavy atom. The van der Waals surface area contributed by atoms with Crippen LogP contribution < -0.4 is 0 Å².